The van der Waals surface area contributed by atoms with Gasteiger partial charge in [-0.15, -0.1) is 5.01 Å². The summed E-state index contributed by atoms with van der Waals surface area (Å²) in [6.45, 7) is 1.08. The molecule has 7 heteroatoms. The van der Waals surface area contributed by atoms with Crippen LogP contribution in [0.2, 0.25) is 0 Å². The zero-order valence-corrected chi connectivity index (χ0v) is 6.05. The molecule has 0 bridgehead atoms. The molecule has 1 unspecified atom stereocenters. The summed E-state index contributed by atoms with van der Waals surface area (Å²) in [5.41, 5.74) is 0. The van der Waals surface area contributed by atoms with Crippen LogP contribution in [0.15, 0.2) is 5.28 Å². The molecule has 0 spiro atoms. The molecule has 0 aromatic carbocycles. The molecule has 0 aromatic rings. The number of hydrogen-bond donors (Lipinski definition) is 2. The van der Waals surface area contributed by atoms with Gasteiger partial charge in [-0.05, 0) is 6.42 Å². The van der Waals surface area contributed by atoms with Crippen molar-refractivity contribution in [1.82, 2.24) is 5.01 Å². The van der Waals surface area contributed by atoms with Crippen LogP contribution in [0.1, 0.15) is 6.42 Å². The van der Waals surface area contributed by atoms with Crippen LogP contribution in [0, 0.1) is 11.1 Å². The summed E-state index contributed by atoms with van der Waals surface area (Å²) in [5.74, 6) is 0.133. The van der Waals surface area contributed by atoms with E-state index in [1.807, 2.05) is 0 Å². The number of aliphatic hydroxyl groups excluding tert-OH is 1. The second-order valence-electron chi connectivity index (χ2n) is 2.59. The molecule has 0 saturated carbocycles. The standard InChI is InChI=1S/C5H11N3O3.Na.H/c9-4-5-1-2-7(3-5)8(11)6-10;;/h5,9-10H,1-4H2;;/b8-6+;;. The Morgan fingerprint density at radius 1 is 1.67 bits per heavy atom. The van der Waals surface area contributed by atoms with Crippen LogP contribution in [-0.2, 0) is 0 Å². The molecule has 1 atom stereocenters. The molecule has 1 aliphatic heterocycles. The minimum Gasteiger partial charge on any atom is -0.569 e. The van der Waals surface area contributed by atoms with E-state index in [0.29, 0.717) is 13.1 Å². The molecule has 1 rings (SSSR count). The zero-order valence-electron chi connectivity index (χ0n) is 6.05. The largest absolute Gasteiger partial charge is 0.569 e. The van der Waals surface area contributed by atoms with Gasteiger partial charge >= 0.3 is 29.6 Å². The third-order valence-electron chi connectivity index (χ3n) is 1.84. The van der Waals surface area contributed by atoms with E-state index in [4.69, 9.17) is 10.3 Å². The Labute approximate surface area is 92.3 Å². The van der Waals surface area contributed by atoms with Crippen LogP contribution in [0.4, 0.5) is 0 Å². The van der Waals surface area contributed by atoms with Gasteiger partial charge in [0.05, 0.1) is 18.1 Å². The van der Waals surface area contributed by atoms with Gasteiger partial charge in [0.2, 0.25) is 5.28 Å². The van der Waals surface area contributed by atoms with E-state index in [1.165, 1.54) is 5.01 Å². The van der Waals surface area contributed by atoms with Crippen molar-refractivity contribution in [3.8, 4) is 0 Å². The van der Waals surface area contributed by atoms with Crippen LogP contribution in [0.3, 0.4) is 0 Å². The first-order chi connectivity index (χ1) is 5.27. The Balaban J connectivity index is 0.00000121. The Morgan fingerprint density at radius 3 is 2.75 bits per heavy atom. The molecule has 0 amide bonds. The Bertz CT molecular complexity index is 166. The van der Waals surface area contributed by atoms with Gasteiger partial charge < -0.3 is 15.5 Å². The van der Waals surface area contributed by atoms with Gasteiger partial charge in [0, 0.05) is 12.5 Å². The molecule has 1 aliphatic rings. The number of aliphatic hydroxyl groups is 1. The number of rotatable bonds is 2. The van der Waals surface area contributed by atoms with Crippen molar-refractivity contribution in [3.63, 3.8) is 0 Å². The summed E-state index contributed by atoms with van der Waals surface area (Å²) in [6.07, 6.45) is 0.769. The van der Waals surface area contributed by atoms with E-state index < -0.39 is 0 Å². The van der Waals surface area contributed by atoms with Crippen LogP contribution < -0.4 is 0 Å². The molecule has 0 radical (unpaired) electrons. The first kappa shape index (κ1) is 12.0. The van der Waals surface area contributed by atoms with E-state index in [-0.39, 0.29) is 47.1 Å². The number of hydrogen-bond acceptors (Lipinski definition) is 3. The van der Waals surface area contributed by atoms with E-state index in [1.54, 1.807) is 0 Å². The van der Waals surface area contributed by atoms with E-state index in [0.717, 1.165) is 6.42 Å². The van der Waals surface area contributed by atoms with Gasteiger partial charge in [-0.1, -0.05) is 0 Å². The molecule has 12 heavy (non-hydrogen) atoms. The maximum absolute atomic E-state index is 10.6. The first-order valence-electron chi connectivity index (χ1n) is 3.46. The second kappa shape index (κ2) is 5.58. The molecule has 6 nitrogen and oxygen atoms in total. The van der Waals surface area contributed by atoms with Gasteiger partial charge in [0.1, 0.15) is 0 Å². The Morgan fingerprint density at radius 2 is 2.33 bits per heavy atom. The first-order valence-corrected chi connectivity index (χ1v) is 3.46. The van der Waals surface area contributed by atoms with Crippen LogP contribution >= 0.6 is 0 Å². The van der Waals surface area contributed by atoms with Gasteiger partial charge in [0.25, 0.3) is 0 Å². The third-order valence-corrected chi connectivity index (χ3v) is 1.84. The fraction of sp³-hybridized carbons (Fsp3) is 1.00. The summed E-state index contributed by atoms with van der Waals surface area (Å²) in [5, 5.41) is 31.2. The minimum atomic E-state index is 0. The quantitative estimate of drug-likeness (QED) is 0.248. The summed E-state index contributed by atoms with van der Waals surface area (Å²) in [6, 6.07) is 0. The van der Waals surface area contributed by atoms with Crippen LogP contribution in [-0.4, -0.2) is 69.5 Å². The van der Waals surface area contributed by atoms with Crippen molar-refractivity contribution >= 4 is 29.6 Å². The van der Waals surface area contributed by atoms with Crippen LogP contribution in [0.5, 0.6) is 0 Å². The maximum atomic E-state index is 10.6. The van der Waals surface area contributed by atoms with Crippen molar-refractivity contribution in [2.45, 2.75) is 6.42 Å². The predicted molar refractivity (Wildman–Crippen MR) is 41.8 cm³/mol. The monoisotopic (exact) mass is 185 g/mol. The van der Waals surface area contributed by atoms with E-state index >= 15 is 0 Å². The molecule has 1 heterocycles. The topological polar surface area (TPSA) is 82.1 Å². The smallest absolute Gasteiger partial charge is 0.230 e. The van der Waals surface area contributed by atoms with Gasteiger partial charge in [-0.25, -0.2) is 0 Å². The summed E-state index contributed by atoms with van der Waals surface area (Å²) >= 11 is 0. The van der Waals surface area contributed by atoms with E-state index in [2.05, 4.69) is 5.28 Å². The number of hydrazine groups is 1. The van der Waals surface area contributed by atoms with Crippen molar-refractivity contribution in [1.29, 1.82) is 0 Å². The number of nitrogens with zero attached hydrogens (tertiary/aromatic N) is 3. The fourth-order valence-corrected chi connectivity index (χ4v) is 1.17. The van der Waals surface area contributed by atoms with Crippen molar-refractivity contribution in [2.24, 2.45) is 11.2 Å². The molecular formula is C5H12N3NaO3. The molecule has 2 N–H and O–H groups in total. The SMILES string of the molecule is [NaH].[O-]/[N+](=N/O)N1CCC(CO)C1. The van der Waals surface area contributed by atoms with Gasteiger partial charge in [0.15, 0.2) is 0 Å². The fourth-order valence-electron chi connectivity index (χ4n) is 1.17. The van der Waals surface area contributed by atoms with Crippen molar-refractivity contribution in [2.75, 3.05) is 19.7 Å². The average Bonchev–Trinajstić information content (AvgIpc) is 2.50. The van der Waals surface area contributed by atoms with E-state index in [9.17, 15) is 5.21 Å². The average molecular weight is 185 g/mol. The molecule has 66 valence electrons. The van der Waals surface area contributed by atoms with Gasteiger partial charge in [-0.3, -0.25) is 0 Å². The van der Waals surface area contributed by atoms with Crippen molar-refractivity contribution in [3.05, 3.63) is 5.21 Å². The van der Waals surface area contributed by atoms with Crippen LogP contribution in [0.25, 0.3) is 0 Å². The minimum absolute atomic E-state index is 0. The molecule has 1 saturated heterocycles. The third kappa shape index (κ3) is 2.78. The van der Waals surface area contributed by atoms with Gasteiger partial charge in [-0.2, -0.15) is 0 Å². The second-order valence-corrected chi connectivity index (χ2v) is 2.59. The Kier molecular flexibility index (Phi) is 5.56. The molecular weight excluding hydrogens is 173 g/mol. The predicted octanol–water partition coefficient (Wildman–Crippen LogP) is -1.08. The summed E-state index contributed by atoms with van der Waals surface area (Å²) < 4.78 is 0. The summed E-state index contributed by atoms with van der Waals surface area (Å²) in [4.78, 5) is 0.148. The normalized spacial score (nSPS) is 23.9. The Hall–Kier alpha value is -0.0400. The molecule has 0 aromatic heterocycles. The van der Waals surface area contributed by atoms with Crippen molar-refractivity contribution < 1.29 is 15.3 Å². The molecule has 1 fully saturated rings. The molecule has 0 aliphatic carbocycles. The zero-order chi connectivity index (χ0) is 8.27. The maximum Gasteiger partial charge on any atom is 0.230 e. The summed E-state index contributed by atoms with van der Waals surface area (Å²) in [7, 11) is 0.